The second kappa shape index (κ2) is 5.82. The van der Waals surface area contributed by atoms with Gasteiger partial charge in [-0.25, -0.2) is 4.98 Å². The molecule has 0 aliphatic rings. The number of carbonyl (C=O) groups excluding carboxylic acids is 1. The first-order valence-corrected chi connectivity index (χ1v) is 5.85. The van der Waals surface area contributed by atoms with E-state index in [2.05, 4.69) is 4.98 Å². The van der Waals surface area contributed by atoms with Crippen LogP contribution in [0, 0.1) is 0 Å². The van der Waals surface area contributed by atoms with E-state index in [4.69, 9.17) is 10.5 Å². The summed E-state index contributed by atoms with van der Waals surface area (Å²) in [7, 11) is 0. The van der Waals surface area contributed by atoms with Gasteiger partial charge in [0.1, 0.15) is 0 Å². The third-order valence-corrected chi connectivity index (χ3v) is 3.10. The van der Waals surface area contributed by atoms with Gasteiger partial charge in [0.2, 0.25) is 0 Å². The monoisotopic (exact) mass is 228 g/mol. The Kier molecular flexibility index (Phi) is 4.71. The Morgan fingerprint density at radius 3 is 3.07 bits per heavy atom. The lowest BCUT2D eigenvalue weighted by Crippen LogP contribution is -2.10. The van der Waals surface area contributed by atoms with E-state index in [0.29, 0.717) is 13.2 Å². The van der Waals surface area contributed by atoms with Gasteiger partial charge in [-0.2, -0.15) is 0 Å². The molecular weight excluding hydrogens is 212 g/mol. The van der Waals surface area contributed by atoms with Crippen LogP contribution in [0.25, 0.3) is 0 Å². The van der Waals surface area contributed by atoms with Crippen molar-refractivity contribution in [3.63, 3.8) is 0 Å². The summed E-state index contributed by atoms with van der Waals surface area (Å²) in [5.41, 5.74) is 6.31. The van der Waals surface area contributed by atoms with Gasteiger partial charge in [0.15, 0.2) is 0 Å². The second-order valence-corrected chi connectivity index (χ2v) is 4.19. The average Bonchev–Trinajstić information content (AvgIpc) is 2.65. The second-order valence-electron chi connectivity index (χ2n) is 3.30. The van der Waals surface area contributed by atoms with Crippen molar-refractivity contribution in [2.45, 2.75) is 26.2 Å². The SMILES string of the molecule is CCOC(=O)Cc1csc(C(C)CN)n1. The third kappa shape index (κ3) is 3.60. The summed E-state index contributed by atoms with van der Waals surface area (Å²) in [5.74, 6) is 0.0284. The van der Waals surface area contributed by atoms with Gasteiger partial charge in [0.05, 0.1) is 23.7 Å². The molecule has 0 spiro atoms. The molecule has 0 bridgehead atoms. The topological polar surface area (TPSA) is 65.2 Å². The van der Waals surface area contributed by atoms with Crippen molar-refractivity contribution in [2.75, 3.05) is 13.2 Å². The van der Waals surface area contributed by atoms with E-state index in [-0.39, 0.29) is 18.3 Å². The molecule has 15 heavy (non-hydrogen) atoms. The quantitative estimate of drug-likeness (QED) is 0.772. The molecule has 84 valence electrons. The molecule has 0 aromatic carbocycles. The summed E-state index contributed by atoms with van der Waals surface area (Å²) in [5, 5.41) is 2.87. The van der Waals surface area contributed by atoms with Gasteiger partial charge in [-0.1, -0.05) is 6.92 Å². The van der Waals surface area contributed by atoms with Crippen LogP contribution in [0.5, 0.6) is 0 Å². The van der Waals surface area contributed by atoms with E-state index >= 15 is 0 Å². The number of hydrogen-bond donors (Lipinski definition) is 1. The Hall–Kier alpha value is -0.940. The number of carbonyl (C=O) groups is 1. The van der Waals surface area contributed by atoms with E-state index in [1.54, 1.807) is 18.3 Å². The lowest BCUT2D eigenvalue weighted by atomic mass is 10.2. The third-order valence-electron chi connectivity index (χ3n) is 1.98. The first-order chi connectivity index (χ1) is 7.17. The summed E-state index contributed by atoms with van der Waals surface area (Å²) >= 11 is 1.54. The summed E-state index contributed by atoms with van der Waals surface area (Å²) in [6.45, 7) is 4.80. The maximum absolute atomic E-state index is 11.2. The predicted octanol–water partition coefficient (Wildman–Crippen LogP) is 1.31. The van der Waals surface area contributed by atoms with Crippen LogP contribution < -0.4 is 5.73 Å². The number of thiazole rings is 1. The smallest absolute Gasteiger partial charge is 0.311 e. The highest BCUT2D eigenvalue weighted by atomic mass is 32.1. The summed E-state index contributed by atoms with van der Waals surface area (Å²) < 4.78 is 4.84. The molecule has 0 fully saturated rings. The van der Waals surface area contributed by atoms with E-state index in [0.717, 1.165) is 10.7 Å². The zero-order valence-electron chi connectivity index (χ0n) is 9.03. The van der Waals surface area contributed by atoms with Gasteiger partial charge in [-0.3, -0.25) is 4.79 Å². The molecule has 1 heterocycles. The Balaban J connectivity index is 2.56. The number of hydrogen-bond acceptors (Lipinski definition) is 5. The number of nitrogens with two attached hydrogens (primary N) is 1. The van der Waals surface area contributed by atoms with E-state index in [1.807, 2.05) is 12.3 Å². The number of aromatic nitrogens is 1. The van der Waals surface area contributed by atoms with Crippen molar-refractivity contribution < 1.29 is 9.53 Å². The molecule has 0 amide bonds. The fourth-order valence-corrected chi connectivity index (χ4v) is 1.98. The zero-order chi connectivity index (χ0) is 11.3. The minimum Gasteiger partial charge on any atom is -0.466 e. The lowest BCUT2D eigenvalue weighted by molar-refractivity contribution is -0.142. The maximum atomic E-state index is 11.2. The predicted molar refractivity (Wildman–Crippen MR) is 59.9 cm³/mol. The highest BCUT2D eigenvalue weighted by Crippen LogP contribution is 2.19. The Labute approximate surface area is 93.5 Å². The molecule has 0 saturated heterocycles. The molecule has 0 radical (unpaired) electrons. The van der Waals surface area contributed by atoms with Crippen molar-refractivity contribution in [1.29, 1.82) is 0 Å². The molecule has 1 atom stereocenters. The standard InChI is InChI=1S/C10H16N2O2S/c1-3-14-9(13)4-8-6-15-10(12-8)7(2)5-11/h6-7H,3-5,11H2,1-2H3. The van der Waals surface area contributed by atoms with Crippen LogP contribution in [0.15, 0.2) is 5.38 Å². The van der Waals surface area contributed by atoms with Crippen molar-refractivity contribution in [3.8, 4) is 0 Å². The molecule has 2 N–H and O–H groups in total. The van der Waals surface area contributed by atoms with Gasteiger partial charge in [-0.15, -0.1) is 11.3 Å². The molecule has 4 nitrogen and oxygen atoms in total. The minimum absolute atomic E-state index is 0.227. The van der Waals surface area contributed by atoms with Gasteiger partial charge >= 0.3 is 5.97 Å². The van der Waals surface area contributed by atoms with Crippen LogP contribution in [0.2, 0.25) is 0 Å². The first kappa shape index (κ1) is 12.1. The summed E-state index contributed by atoms with van der Waals surface area (Å²) in [6.07, 6.45) is 0.252. The van der Waals surface area contributed by atoms with Crippen LogP contribution in [0.3, 0.4) is 0 Å². The van der Waals surface area contributed by atoms with Crippen LogP contribution in [0.1, 0.15) is 30.5 Å². The van der Waals surface area contributed by atoms with E-state index in [1.165, 1.54) is 0 Å². The fourth-order valence-electron chi connectivity index (χ4n) is 1.09. The Morgan fingerprint density at radius 2 is 2.47 bits per heavy atom. The molecule has 0 saturated carbocycles. The van der Waals surface area contributed by atoms with Gasteiger partial charge < -0.3 is 10.5 Å². The molecule has 5 heteroatoms. The summed E-state index contributed by atoms with van der Waals surface area (Å²) in [6, 6.07) is 0. The number of rotatable bonds is 5. The van der Waals surface area contributed by atoms with Crippen molar-refractivity contribution >= 4 is 17.3 Å². The summed E-state index contributed by atoms with van der Waals surface area (Å²) in [4.78, 5) is 15.5. The lowest BCUT2D eigenvalue weighted by Gasteiger charge is -2.02. The Morgan fingerprint density at radius 1 is 1.73 bits per heavy atom. The highest BCUT2D eigenvalue weighted by Gasteiger charge is 2.11. The maximum Gasteiger partial charge on any atom is 0.311 e. The van der Waals surface area contributed by atoms with Crippen molar-refractivity contribution in [1.82, 2.24) is 4.98 Å². The average molecular weight is 228 g/mol. The fraction of sp³-hybridized carbons (Fsp3) is 0.600. The van der Waals surface area contributed by atoms with Crippen molar-refractivity contribution in [2.24, 2.45) is 5.73 Å². The zero-order valence-corrected chi connectivity index (χ0v) is 9.84. The number of nitrogens with zero attached hydrogens (tertiary/aromatic N) is 1. The van der Waals surface area contributed by atoms with Crippen LogP contribution in [-0.4, -0.2) is 24.1 Å². The first-order valence-electron chi connectivity index (χ1n) is 4.97. The molecule has 0 aliphatic carbocycles. The van der Waals surface area contributed by atoms with Gasteiger partial charge in [0, 0.05) is 17.8 Å². The highest BCUT2D eigenvalue weighted by molar-refractivity contribution is 7.09. The molecule has 1 aromatic rings. The molecule has 1 aromatic heterocycles. The van der Waals surface area contributed by atoms with Gasteiger partial charge in [0.25, 0.3) is 0 Å². The molecule has 1 rings (SSSR count). The number of esters is 1. The van der Waals surface area contributed by atoms with Crippen LogP contribution >= 0.6 is 11.3 Å². The van der Waals surface area contributed by atoms with Crippen LogP contribution in [0.4, 0.5) is 0 Å². The van der Waals surface area contributed by atoms with E-state index < -0.39 is 0 Å². The van der Waals surface area contributed by atoms with E-state index in [9.17, 15) is 4.79 Å². The normalized spacial score (nSPS) is 12.5. The number of ether oxygens (including phenoxy) is 1. The van der Waals surface area contributed by atoms with Crippen LogP contribution in [-0.2, 0) is 16.0 Å². The molecule has 0 aliphatic heterocycles. The Bertz CT molecular complexity index is 325. The molecular formula is C10H16N2O2S. The van der Waals surface area contributed by atoms with Gasteiger partial charge in [-0.05, 0) is 6.92 Å². The molecule has 1 unspecified atom stereocenters. The largest absolute Gasteiger partial charge is 0.466 e. The van der Waals surface area contributed by atoms with Crippen molar-refractivity contribution in [3.05, 3.63) is 16.1 Å². The minimum atomic E-state index is -0.227.